The van der Waals surface area contributed by atoms with E-state index in [1.54, 1.807) is 17.5 Å². The first-order valence-corrected chi connectivity index (χ1v) is 8.65. The molecule has 1 heterocycles. The third-order valence-electron chi connectivity index (χ3n) is 3.64. The maximum Gasteiger partial charge on any atom is 0.349 e. The van der Waals surface area contributed by atoms with E-state index in [0.717, 1.165) is 5.56 Å². The van der Waals surface area contributed by atoms with E-state index in [9.17, 15) is 9.59 Å². The molecule has 0 atom stereocenters. The molecule has 1 amide bonds. The van der Waals surface area contributed by atoms with Gasteiger partial charge in [-0.05, 0) is 30.0 Å². The highest BCUT2D eigenvalue weighted by atomic mass is 32.1. The molecule has 0 aliphatic heterocycles. The molecule has 140 valence electrons. The van der Waals surface area contributed by atoms with E-state index >= 15 is 0 Å². The Hall–Kier alpha value is -2.74. The number of carbonyl (C=O) groups excluding carboxylic acids is 2. The molecule has 0 unspecified atom stereocenters. The lowest BCUT2D eigenvalue weighted by molar-refractivity contribution is -0.124. The molecule has 2 rings (SSSR count). The number of aryl methyl sites for hydroxylation is 1. The lowest BCUT2D eigenvalue weighted by atomic mass is 10.1. The summed E-state index contributed by atoms with van der Waals surface area (Å²) in [5.41, 5.74) is 1.54. The normalized spacial score (nSPS) is 10.2. The van der Waals surface area contributed by atoms with Crippen molar-refractivity contribution in [3.63, 3.8) is 0 Å². The minimum atomic E-state index is -0.503. The minimum Gasteiger partial charge on any atom is -0.496 e. The molecule has 0 bridgehead atoms. The molecular formula is C18H21NO6S. The third-order valence-corrected chi connectivity index (χ3v) is 4.64. The Morgan fingerprint density at radius 3 is 2.27 bits per heavy atom. The third kappa shape index (κ3) is 4.66. The number of ether oxygens (including phenoxy) is 4. The van der Waals surface area contributed by atoms with Gasteiger partial charge in [-0.1, -0.05) is 0 Å². The van der Waals surface area contributed by atoms with Crippen LogP contribution < -0.4 is 19.5 Å². The molecule has 2 aromatic rings. The Balaban J connectivity index is 1.94. The molecule has 7 nitrogen and oxygen atoms in total. The molecule has 1 aromatic carbocycles. The summed E-state index contributed by atoms with van der Waals surface area (Å²) >= 11 is 1.28. The maximum atomic E-state index is 12.0. The molecule has 1 aromatic heterocycles. The minimum absolute atomic E-state index is 0.192. The van der Waals surface area contributed by atoms with E-state index in [1.807, 2.05) is 13.0 Å². The average Bonchev–Trinajstić information content (AvgIpc) is 3.09. The summed E-state index contributed by atoms with van der Waals surface area (Å²) in [7, 11) is 4.58. The number of thiophene rings is 1. The van der Waals surface area contributed by atoms with E-state index < -0.39 is 11.9 Å². The SMILES string of the molecule is COc1cc(OC)c(OC)cc1CNC(=O)COC(=O)c1sccc1C. The smallest absolute Gasteiger partial charge is 0.349 e. The van der Waals surface area contributed by atoms with Gasteiger partial charge in [0, 0.05) is 18.2 Å². The fraction of sp³-hybridized carbons (Fsp3) is 0.333. The van der Waals surface area contributed by atoms with Gasteiger partial charge in [0.2, 0.25) is 0 Å². The van der Waals surface area contributed by atoms with Gasteiger partial charge >= 0.3 is 5.97 Å². The van der Waals surface area contributed by atoms with Crippen LogP contribution in [0.4, 0.5) is 0 Å². The first-order valence-electron chi connectivity index (χ1n) is 7.77. The molecule has 26 heavy (non-hydrogen) atoms. The number of rotatable bonds is 8. The lowest BCUT2D eigenvalue weighted by Gasteiger charge is -2.14. The number of hydrogen-bond donors (Lipinski definition) is 1. The van der Waals surface area contributed by atoms with E-state index in [-0.39, 0.29) is 13.2 Å². The lowest BCUT2D eigenvalue weighted by Crippen LogP contribution is -2.28. The molecule has 0 saturated carbocycles. The van der Waals surface area contributed by atoms with Crippen molar-refractivity contribution in [2.75, 3.05) is 27.9 Å². The van der Waals surface area contributed by atoms with Gasteiger partial charge in [0.1, 0.15) is 10.6 Å². The van der Waals surface area contributed by atoms with E-state index in [4.69, 9.17) is 18.9 Å². The van der Waals surface area contributed by atoms with Crippen molar-refractivity contribution in [1.29, 1.82) is 0 Å². The first kappa shape index (κ1) is 19.6. The second kappa shape index (κ2) is 9.10. The monoisotopic (exact) mass is 379 g/mol. The fourth-order valence-corrected chi connectivity index (χ4v) is 3.07. The molecule has 8 heteroatoms. The summed E-state index contributed by atoms with van der Waals surface area (Å²) in [5, 5.41) is 4.49. The van der Waals surface area contributed by atoms with Crippen molar-refractivity contribution < 1.29 is 28.5 Å². The molecule has 0 aliphatic rings. The maximum absolute atomic E-state index is 12.0. The van der Waals surface area contributed by atoms with Gasteiger partial charge in [0.15, 0.2) is 18.1 Å². The standard InChI is InChI=1S/C18H21NO6S/c1-11-5-6-26-17(11)18(21)25-10-16(20)19-9-12-7-14(23-3)15(24-4)8-13(12)22-2/h5-8H,9-10H2,1-4H3,(H,19,20). The van der Waals surface area contributed by atoms with Gasteiger partial charge in [-0.25, -0.2) is 4.79 Å². The van der Waals surface area contributed by atoms with Crippen LogP contribution in [0.1, 0.15) is 20.8 Å². The molecule has 0 fully saturated rings. The van der Waals surface area contributed by atoms with E-state index in [0.29, 0.717) is 27.7 Å². The first-order chi connectivity index (χ1) is 12.5. The van der Waals surface area contributed by atoms with E-state index in [1.165, 1.54) is 32.7 Å². The van der Waals surface area contributed by atoms with Crippen LogP contribution in [0.3, 0.4) is 0 Å². The van der Waals surface area contributed by atoms with Crippen molar-refractivity contribution in [3.05, 3.63) is 39.6 Å². The highest BCUT2D eigenvalue weighted by Gasteiger charge is 2.15. The van der Waals surface area contributed by atoms with Crippen LogP contribution in [0, 0.1) is 6.92 Å². The van der Waals surface area contributed by atoms with Crippen molar-refractivity contribution in [3.8, 4) is 17.2 Å². The number of amides is 1. The quantitative estimate of drug-likeness (QED) is 0.710. The number of esters is 1. The fourth-order valence-electron chi connectivity index (χ4n) is 2.25. The van der Waals surface area contributed by atoms with E-state index in [2.05, 4.69) is 5.32 Å². The highest BCUT2D eigenvalue weighted by Crippen LogP contribution is 2.34. The van der Waals surface area contributed by atoms with Crippen molar-refractivity contribution >= 4 is 23.2 Å². The molecular weight excluding hydrogens is 358 g/mol. The van der Waals surface area contributed by atoms with Gasteiger partial charge in [0.25, 0.3) is 5.91 Å². The van der Waals surface area contributed by atoms with Crippen LogP contribution in [-0.4, -0.2) is 39.8 Å². The second-order valence-corrected chi connectivity index (χ2v) is 6.22. The molecule has 1 N–H and O–H groups in total. The summed E-state index contributed by atoms with van der Waals surface area (Å²) in [6.07, 6.45) is 0. The Labute approximate surface area is 155 Å². The van der Waals surface area contributed by atoms with Gasteiger partial charge in [-0.3, -0.25) is 4.79 Å². The predicted molar refractivity (Wildman–Crippen MR) is 97.3 cm³/mol. The highest BCUT2D eigenvalue weighted by molar-refractivity contribution is 7.12. The van der Waals surface area contributed by atoms with Crippen LogP contribution >= 0.6 is 11.3 Å². The second-order valence-electron chi connectivity index (χ2n) is 5.30. The van der Waals surface area contributed by atoms with Crippen LogP contribution in [0.15, 0.2) is 23.6 Å². The van der Waals surface area contributed by atoms with Crippen molar-refractivity contribution in [1.82, 2.24) is 5.32 Å². The van der Waals surface area contributed by atoms with Crippen LogP contribution in [0.2, 0.25) is 0 Å². The summed E-state index contributed by atoms with van der Waals surface area (Å²) in [6, 6.07) is 5.23. The number of hydrogen-bond acceptors (Lipinski definition) is 7. The van der Waals surface area contributed by atoms with Crippen LogP contribution in [-0.2, 0) is 16.1 Å². The summed E-state index contributed by atoms with van der Waals surface area (Å²) < 4.78 is 20.8. The molecule has 0 spiro atoms. The van der Waals surface area contributed by atoms with Crippen molar-refractivity contribution in [2.45, 2.75) is 13.5 Å². The molecule has 0 radical (unpaired) electrons. The Bertz CT molecular complexity index is 786. The summed E-state index contributed by atoms with van der Waals surface area (Å²) in [5.74, 6) is 0.687. The summed E-state index contributed by atoms with van der Waals surface area (Å²) in [6.45, 7) is 1.65. The zero-order valence-electron chi connectivity index (χ0n) is 15.1. The Morgan fingerprint density at radius 1 is 1.04 bits per heavy atom. The van der Waals surface area contributed by atoms with Gasteiger partial charge in [-0.15, -0.1) is 11.3 Å². The number of benzene rings is 1. The van der Waals surface area contributed by atoms with Crippen LogP contribution in [0.5, 0.6) is 17.2 Å². The molecule has 0 saturated heterocycles. The Kier molecular flexibility index (Phi) is 6.85. The number of nitrogens with one attached hydrogen (secondary N) is 1. The van der Waals surface area contributed by atoms with Crippen molar-refractivity contribution in [2.24, 2.45) is 0 Å². The summed E-state index contributed by atoms with van der Waals surface area (Å²) in [4.78, 5) is 24.4. The zero-order chi connectivity index (χ0) is 19.1. The zero-order valence-corrected chi connectivity index (χ0v) is 15.9. The van der Waals surface area contributed by atoms with Gasteiger partial charge in [-0.2, -0.15) is 0 Å². The topological polar surface area (TPSA) is 83.1 Å². The predicted octanol–water partition coefficient (Wildman–Crippen LogP) is 2.56. The largest absolute Gasteiger partial charge is 0.496 e. The molecule has 0 aliphatic carbocycles. The van der Waals surface area contributed by atoms with Crippen LogP contribution in [0.25, 0.3) is 0 Å². The van der Waals surface area contributed by atoms with Gasteiger partial charge < -0.3 is 24.3 Å². The average molecular weight is 379 g/mol. The number of carbonyl (C=O) groups is 2. The van der Waals surface area contributed by atoms with Gasteiger partial charge in [0.05, 0.1) is 21.3 Å². The number of methoxy groups -OCH3 is 3. The Morgan fingerprint density at radius 2 is 1.69 bits per heavy atom.